The van der Waals surface area contributed by atoms with Gasteiger partial charge in [0, 0.05) is 25.3 Å². The smallest absolute Gasteiger partial charge is 0.406 e. The summed E-state index contributed by atoms with van der Waals surface area (Å²) in [6.45, 7) is 5.88. The lowest BCUT2D eigenvalue weighted by Gasteiger charge is -2.31. The molecule has 1 fully saturated rings. The van der Waals surface area contributed by atoms with E-state index in [1.165, 1.54) is 29.8 Å². The number of guanidine groups is 1. The summed E-state index contributed by atoms with van der Waals surface area (Å²) in [6, 6.07) is 13.4. The van der Waals surface area contributed by atoms with Gasteiger partial charge in [-0.05, 0) is 42.3 Å². The molecule has 2 aromatic carbocycles. The molecule has 1 unspecified atom stereocenters. The molecule has 1 atom stereocenters. The molecule has 0 aliphatic carbocycles. The zero-order valence-corrected chi connectivity index (χ0v) is 16.7. The molecule has 0 spiro atoms. The quantitative estimate of drug-likeness (QED) is 0.548. The molecular formula is C21H25F3N4O2. The number of halogens is 3. The predicted octanol–water partition coefficient (Wildman–Crippen LogP) is 3.73. The molecular weight excluding hydrogens is 397 g/mol. The van der Waals surface area contributed by atoms with Gasteiger partial charge in [0.15, 0.2) is 5.96 Å². The van der Waals surface area contributed by atoms with Crippen molar-refractivity contribution in [3.8, 4) is 5.75 Å². The van der Waals surface area contributed by atoms with Gasteiger partial charge in [-0.1, -0.05) is 24.3 Å². The van der Waals surface area contributed by atoms with Crippen LogP contribution in [0.5, 0.6) is 5.75 Å². The third-order valence-corrected chi connectivity index (χ3v) is 4.52. The Morgan fingerprint density at radius 3 is 2.67 bits per heavy atom. The third kappa shape index (κ3) is 7.23. The number of nitrogens with two attached hydrogens (primary N) is 1. The van der Waals surface area contributed by atoms with E-state index in [0.717, 1.165) is 31.8 Å². The number of nitrogens with one attached hydrogen (secondary N) is 1. The standard InChI is InChI=1S/C21H25F3N4O2/c1-15-13-28(9-10-29-15)14-17-4-2-3-16(11-17)12-26-20(25)27-18-5-7-19(8-6-18)30-21(22,23)24/h2-8,11,15H,9-10,12-14H2,1H3,(H3,25,26,27). The van der Waals surface area contributed by atoms with E-state index in [1.54, 1.807) is 0 Å². The van der Waals surface area contributed by atoms with Crippen LogP contribution in [0.15, 0.2) is 53.5 Å². The van der Waals surface area contributed by atoms with Crippen molar-refractivity contribution in [2.45, 2.75) is 32.5 Å². The van der Waals surface area contributed by atoms with E-state index in [9.17, 15) is 13.2 Å². The van der Waals surface area contributed by atoms with Crippen LogP contribution in [0.1, 0.15) is 18.1 Å². The van der Waals surface area contributed by atoms with Crippen LogP contribution in [0, 0.1) is 0 Å². The number of morpholine rings is 1. The summed E-state index contributed by atoms with van der Waals surface area (Å²) < 4.78 is 46.0. The molecule has 0 aromatic heterocycles. The Kier molecular flexibility index (Phi) is 7.17. The molecule has 9 heteroatoms. The first kappa shape index (κ1) is 21.9. The van der Waals surface area contributed by atoms with Crippen molar-refractivity contribution in [1.29, 1.82) is 0 Å². The maximum atomic E-state index is 12.2. The molecule has 2 aromatic rings. The second-order valence-corrected chi connectivity index (χ2v) is 7.14. The van der Waals surface area contributed by atoms with Crippen molar-refractivity contribution in [3.63, 3.8) is 0 Å². The highest BCUT2D eigenvalue weighted by molar-refractivity contribution is 5.92. The summed E-state index contributed by atoms with van der Waals surface area (Å²) >= 11 is 0. The summed E-state index contributed by atoms with van der Waals surface area (Å²) in [5.41, 5.74) is 8.63. The number of hydrogen-bond acceptors (Lipinski definition) is 4. The van der Waals surface area contributed by atoms with E-state index in [2.05, 4.69) is 39.0 Å². The summed E-state index contributed by atoms with van der Waals surface area (Å²) in [4.78, 5) is 6.67. The van der Waals surface area contributed by atoms with Crippen LogP contribution < -0.4 is 15.8 Å². The minimum absolute atomic E-state index is 0.173. The number of hydrogen-bond donors (Lipinski definition) is 2. The van der Waals surface area contributed by atoms with E-state index in [0.29, 0.717) is 12.2 Å². The lowest BCUT2D eigenvalue weighted by Crippen LogP contribution is -2.40. The number of aliphatic imine (C=N–C) groups is 1. The van der Waals surface area contributed by atoms with Crippen molar-refractivity contribution in [3.05, 3.63) is 59.7 Å². The second kappa shape index (κ2) is 9.82. The number of alkyl halides is 3. The van der Waals surface area contributed by atoms with Crippen LogP contribution in [0.2, 0.25) is 0 Å². The van der Waals surface area contributed by atoms with Crippen molar-refractivity contribution in [2.75, 3.05) is 25.0 Å². The highest BCUT2D eigenvalue weighted by atomic mass is 19.4. The van der Waals surface area contributed by atoms with Crippen LogP contribution >= 0.6 is 0 Å². The number of benzene rings is 2. The largest absolute Gasteiger partial charge is 0.573 e. The predicted molar refractivity (Wildman–Crippen MR) is 109 cm³/mol. The topological polar surface area (TPSA) is 72.1 Å². The molecule has 0 saturated carbocycles. The van der Waals surface area contributed by atoms with Crippen LogP contribution in [0.4, 0.5) is 18.9 Å². The average Bonchev–Trinajstić information content (AvgIpc) is 2.67. The van der Waals surface area contributed by atoms with Gasteiger partial charge in [-0.2, -0.15) is 0 Å². The number of anilines is 1. The molecule has 0 radical (unpaired) electrons. The first-order valence-corrected chi connectivity index (χ1v) is 9.61. The van der Waals surface area contributed by atoms with Crippen LogP contribution in [0.3, 0.4) is 0 Å². The Morgan fingerprint density at radius 2 is 1.97 bits per heavy atom. The van der Waals surface area contributed by atoms with E-state index in [1.807, 2.05) is 12.1 Å². The fraction of sp³-hybridized carbons (Fsp3) is 0.381. The van der Waals surface area contributed by atoms with Crippen molar-refractivity contribution < 1.29 is 22.6 Å². The summed E-state index contributed by atoms with van der Waals surface area (Å²) in [6.07, 6.45) is -4.48. The van der Waals surface area contributed by atoms with Crippen molar-refractivity contribution in [2.24, 2.45) is 10.7 Å². The average molecular weight is 422 g/mol. The van der Waals surface area contributed by atoms with E-state index >= 15 is 0 Å². The molecule has 3 rings (SSSR count). The summed E-state index contributed by atoms with van der Waals surface area (Å²) in [5.74, 6) is -0.123. The van der Waals surface area contributed by atoms with Gasteiger partial charge in [-0.3, -0.25) is 4.90 Å². The first-order valence-electron chi connectivity index (χ1n) is 9.61. The molecule has 6 nitrogen and oxygen atoms in total. The monoisotopic (exact) mass is 422 g/mol. The third-order valence-electron chi connectivity index (χ3n) is 4.52. The highest BCUT2D eigenvalue weighted by Crippen LogP contribution is 2.23. The van der Waals surface area contributed by atoms with Gasteiger partial charge in [0.25, 0.3) is 0 Å². The van der Waals surface area contributed by atoms with Crippen LogP contribution in [-0.4, -0.2) is 43.0 Å². The Morgan fingerprint density at radius 1 is 1.23 bits per heavy atom. The zero-order chi connectivity index (χ0) is 21.6. The van der Waals surface area contributed by atoms with E-state index < -0.39 is 6.36 Å². The summed E-state index contributed by atoms with van der Waals surface area (Å²) in [7, 11) is 0. The van der Waals surface area contributed by atoms with Gasteiger partial charge in [0.2, 0.25) is 0 Å². The number of ether oxygens (including phenoxy) is 2. The van der Waals surface area contributed by atoms with Gasteiger partial charge in [-0.25, -0.2) is 4.99 Å². The first-order chi connectivity index (χ1) is 14.3. The molecule has 1 heterocycles. The number of rotatable bonds is 6. The molecule has 30 heavy (non-hydrogen) atoms. The maximum absolute atomic E-state index is 12.2. The van der Waals surface area contributed by atoms with Gasteiger partial charge < -0.3 is 20.5 Å². The minimum Gasteiger partial charge on any atom is -0.406 e. The fourth-order valence-corrected chi connectivity index (χ4v) is 3.22. The van der Waals surface area contributed by atoms with Gasteiger partial charge in [0.1, 0.15) is 5.75 Å². The summed E-state index contributed by atoms with van der Waals surface area (Å²) in [5, 5.41) is 2.86. The number of nitrogens with zero attached hydrogens (tertiary/aromatic N) is 2. The normalized spacial score (nSPS) is 18.3. The molecule has 1 saturated heterocycles. The lowest BCUT2D eigenvalue weighted by atomic mass is 10.1. The zero-order valence-electron chi connectivity index (χ0n) is 16.7. The fourth-order valence-electron chi connectivity index (χ4n) is 3.22. The lowest BCUT2D eigenvalue weighted by molar-refractivity contribution is -0.274. The van der Waals surface area contributed by atoms with Crippen molar-refractivity contribution >= 4 is 11.6 Å². The van der Waals surface area contributed by atoms with E-state index in [-0.39, 0.29) is 17.8 Å². The molecule has 1 aliphatic heterocycles. The Bertz CT molecular complexity index is 856. The van der Waals surface area contributed by atoms with Gasteiger partial charge >= 0.3 is 6.36 Å². The second-order valence-electron chi connectivity index (χ2n) is 7.14. The minimum atomic E-state index is -4.72. The van der Waals surface area contributed by atoms with Crippen LogP contribution in [-0.2, 0) is 17.8 Å². The Balaban J connectivity index is 1.53. The molecule has 1 aliphatic rings. The Labute approximate surface area is 173 Å². The maximum Gasteiger partial charge on any atom is 0.573 e. The molecule has 3 N–H and O–H groups in total. The molecule has 162 valence electrons. The van der Waals surface area contributed by atoms with Crippen LogP contribution in [0.25, 0.3) is 0 Å². The molecule has 0 bridgehead atoms. The van der Waals surface area contributed by atoms with Gasteiger partial charge in [0.05, 0.1) is 19.3 Å². The van der Waals surface area contributed by atoms with Gasteiger partial charge in [-0.15, -0.1) is 13.2 Å². The highest BCUT2D eigenvalue weighted by Gasteiger charge is 2.30. The van der Waals surface area contributed by atoms with Crippen molar-refractivity contribution in [1.82, 2.24) is 4.90 Å². The molecule has 0 amide bonds. The Hall–Kier alpha value is -2.78. The SMILES string of the molecule is CC1CN(Cc2cccc(CN=C(N)Nc3ccc(OC(F)(F)F)cc3)c2)CCO1. The van der Waals surface area contributed by atoms with E-state index in [4.69, 9.17) is 10.5 Å².